The number of hydrogen-bond donors (Lipinski definition) is 4. The molecule has 0 aromatic carbocycles. The normalized spacial score (nSPS) is 32.7. The van der Waals surface area contributed by atoms with Crippen LogP contribution in [0.4, 0.5) is 0 Å². The van der Waals surface area contributed by atoms with Crippen molar-refractivity contribution in [3.05, 3.63) is 0 Å². The lowest BCUT2D eigenvalue weighted by Crippen LogP contribution is -2.53. The average Bonchev–Trinajstić information content (AvgIpc) is 2.49. The third kappa shape index (κ3) is 5.26. The molecule has 6 nitrogen and oxygen atoms in total. The van der Waals surface area contributed by atoms with Crippen molar-refractivity contribution in [1.29, 1.82) is 0 Å². The molecule has 1 amide bonds. The quantitative estimate of drug-likeness (QED) is 0.309. The Kier molecular flexibility index (Phi) is 7.88. The predicted octanol–water partition coefficient (Wildman–Crippen LogP) is 0.989. The van der Waals surface area contributed by atoms with Crippen molar-refractivity contribution < 1.29 is 9.90 Å². The van der Waals surface area contributed by atoms with Gasteiger partial charge in [-0.15, -0.1) is 24.0 Å². The van der Waals surface area contributed by atoms with E-state index in [1.165, 1.54) is 6.42 Å². The summed E-state index contributed by atoms with van der Waals surface area (Å²) in [4.78, 5) is 15.4. The van der Waals surface area contributed by atoms with Gasteiger partial charge < -0.3 is 21.1 Å². The minimum atomic E-state index is -0.245. The maximum atomic E-state index is 11.2. The van der Waals surface area contributed by atoms with Crippen LogP contribution in [0, 0.1) is 5.41 Å². The van der Waals surface area contributed by atoms with Gasteiger partial charge in [-0.05, 0) is 19.3 Å². The Bertz CT molecular complexity index is 395. The van der Waals surface area contributed by atoms with E-state index in [1.807, 2.05) is 0 Å². The number of rotatable bonds is 3. The molecule has 1 aliphatic heterocycles. The molecule has 2 aliphatic rings. The lowest BCUT2D eigenvalue weighted by molar-refractivity contribution is -0.122. The van der Waals surface area contributed by atoms with Crippen molar-refractivity contribution in [3.8, 4) is 0 Å². The summed E-state index contributed by atoms with van der Waals surface area (Å²) in [5.41, 5.74) is -0.0867. The maximum absolute atomic E-state index is 11.2. The number of halogens is 1. The Morgan fingerprint density at radius 2 is 2.23 bits per heavy atom. The molecular weight excluding hydrogens is 395 g/mol. The number of piperidine rings is 1. The molecule has 0 aromatic rings. The highest BCUT2D eigenvalue weighted by molar-refractivity contribution is 14.0. The Balaban J connectivity index is 0.00000242. The molecule has 0 bridgehead atoms. The van der Waals surface area contributed by atoms with Crippen LogP contribution in [0.3, 0.4) is 0 Å². The minimum absolute atomic E-state index is 0. The number of aliphatic imine (C=N–C) groups is 1. The van der Waals surface area contributed by atoms with Gasteiger partial charge in [-0.2, -0.15) is 0 Å². The van der Waals surface area contributed by atoms with Crippen LogP contribution in [-0.4, -0.2) is 49.3 Å². The van der Waals surface area contributed by atoms with Gasteiger partial charge in [0.25, 0.3) is 0 Å². The first-order valence-electron chi connectivity index (χ1n) is 7.95. The monoisotopic (exact) mass is 424 g/mol. The lowest BCUT2D eigenvalue weighted by atomic mass is 9.73. The summed E-state index contributed by atoms with van der Waals surface area (Å²) in [6.45, 7) is 3.49. The van der Waals surface area contributed by atoms with Gasteiger partial charge in [0, 0.05) is 38.0 Å². The van der Waals surface area contributed by atoms with Crippen LogP contribution in [0.5, 0.6) is 0 Å². The number of aliphatic hydroxyl groups excluding tert-OH is 1. The standard InChI is InChI=1S/C15H28N4O2.HI/c1-15(8-4-3-5-12(15)20)10-18-14(16-2)19-11-6-7-13(21)17-9-11;/h11-12,20H,3-10H2,1-2H3,(H,17,21)(H2,16,18,19);1H. The molecule has 0 aromatic heterocycles. The molecule has 7 heteroatoms. The molecule has 22 heavy (non-hydrogen) atoms. The number of amides is 1. The summed E-state index contributed by atoms with van der Waals surface area (Å²) in [5.74, 6) is 0.865. The van der Waals surface area contributed by atoms with E-state index in [-0.39, 0.29) is 47.4 Å². The van der Waals surface area contributed by atoms with Crippen molar-refractivity contribution in [3.63, 3.8) is 0 Å². The molecule has 0 spiro atoms. The number of carbonyl (C=O) groups is 1. The van der Waals surface area contributed by atoms with Crippen LogP contribution in [0.2, 0.25) is 0 Å². The Labute approximate surface area is 149 Å². The van der Waals surface area contributed by atoms with E-state index in [9.17, 15) is 9.90 Å². The molecule has 128 valence electrons. The van der Waals surface area contributed by atoms with Gasteiger partial charge in [-0.3, -0.25) is 9.79 Å². The van der Waals surface area contributed by atoms with Crippen LogP contribution in [0.15, 0.2) is 4.99 Å². The van der Waals surface area contributed by atoms with Crippen LogP contribution < -0.4 is 16.0 Å². The summed E-state index contributed by atoms with van der Waals surface area (Å²) in [6.07, 6.45) is 5.36. The fourth-order valence-electron chi connectivity index (χ4n) is 3.12. The topological polar surface area (TPSA) is 85.8 Å². The Hall–Kier alpha value is -0.570. The molecule has 2 fully saturated rings. The highest BCUT2D eigenvalue weighted by Crippen LogP contribution is 2.35. The van der Waals surface area contributed by atoms with E-state index >= 15 is 0 Å². The first kappa shape index (κ1) is 19.5. The molecule has 2 rings (SSSR count). The smallest absolute Gasteiger partial charge is 0.220 e. The minimum Gasteiger partial charge on any atom is -0.392 e. The summed E-state index contributed by atoms with van der Waals surface area (Å²) in [7, 11) is 1.75. The highest BCUT2D eigenvalue weighted by atomic mass is 127. The van der Waals surface area contributed by atoms with Gasteiger partial charge in [0.2, 0.25) is 5.91 Å². The van der Waals surface area contributed by atoms with Gasteiger partial charge in [0.05, 0.1) is 6.10 Å². The highest BCUT2D eigenvalue weighted by Gasteiger charge is 2.35. The van der Waals surface area contributed by atoms with Gasteiger partial charge in [-0.1, -0.05) is 19.8 Å². The lowest BCUT2D eigenvalue weighted by Gasteiger charge is -2.39. The molecule has 3 atom stereocenters. The first-order chi connectivity index (χ1) is 10.0. The number of hydrogen-bond acceptors (Lipinski definition) is 3. The number of nitrogens with zero attached hydrogens (tertiary/aromatic N) is 1. The van der Waals surface area contributed by atoms with Crippen LogP contribution >= 0.6 is 24.0 Å². The van der Waals surface area contributed by atoms with Crippen LogP contribution in [0.25, 0.3) is 0 Å². The molecule has 3 unspecified atom stereocenters. The molecule has 0 radical (unpaired) electrons. The number of aliphatic hydroxyl groups is 1. The Morgan fingerprint density at radius 1 is 1.45 bits per heavy atom. The third-order valence-electron chi connectivity index (χ3n) is 4.77. The molecule has 1 saturated carbocycles. The summed E-state index contributed by atoms with van der Waals surface area (Å²) in [5, 5.41) is 19.7. The number of carbonyl (C=O) groups excluding carboxylic acids is 1. The van der Waals surface area contributed by atoms with Crippen molar-refractivity contribution in [2.24, 2.45) is 10.4 Å². The number of nitrogens with one attached hydrogen (secondary N) is 3. The van der Waals surface area contributed by atoms with Gasteiger partial charge in [0.15, 0.2) is 5.96 Å². The Morgan fingerprint density at radius 3 is 2.82 bits per heavy atom. The molecule has 4 N–H and O–H groups in total. The molecule has 1 aliphatic carbocycles. The maximum Gasteiger partial charge on any atom is 0.220 e. The second-order valence-electron chi connectivity index (χ2n) is 6.53. The third-order valence-corrected chi connectivity index (χ3v) is 4.77. The predicted molar refractivity (Wildman–Crippen MR) is 98.5 cm³/mol. The van der Waals surface area contributed by atoms with E-state index in [4.69, 9.17) is 0 Å². The largest absolute Gasteiger partial charge is 0.392 e. The fourth-order valence-corrected chi connectivity index (χ4v) is 3.12. The zero-order valence-corrected chi connectivity index (χ0v) is 15.9. The van der Waals surface area contributed by atoms with Crippen molar-refractivity contribution in [2.45, 2.75) is 57.6 Å². The molecule has 1 heterocycles. The summed E-state index contributed by atoms with van der Waals surface area (Å²) in [6, 6.07) is 0.220. The molecule has 1 saturated heterocycles. The number of guanidine groups is 1. The van der Waals surface area contributed by atoms with Crippen molar-refractivity contribution >= 4 is 35.8 Å². The van der Waals surface area contributed by atoms with Crippen LogP contribution in [-0.2, 0) is 4.79 Å². The second kappa shape index (κ2) is 8.90. The van der Waals surface area contributed by atoms with Gasteiger partial charge in [-0.25, -0.2) is 0 Å². The van der Waals surface area contributed by atoms with Crippen molar-refractivity contribution in [1.82, 2.24) is 16.0 Å². The van der Waals surface area contributed by atoms with E-state index < -0.39 is 0 Å². The van der Waals surface area contributed by atoms with E-state index in [1.54, 1.807) is 7.05 Å². The van der Waals surface area contributed by atoms with E-state index in [2.05, 4.69) is 27.9 Å². The van der Waals surface area contributed by atoms with E-state index in [0.29, 0.717) is 19.5 Å². The van der Waals surface area contributed by atoms with E-state index in [0.717, 1.165) is 31.6 Å². The zero-order valence-electron chi connectivity index (χ0n) is 13.5. The first-order valence-corrected chi connectivity index (χ1v) is 7.95. The average molecular weight is 424 g/mol. The molecular formula is C15H29IN4O2. The zero-order chi connectivity index (χ0) is 15.3. The van der Waals surface area contributed by atoms with Gasteiger partial charge >= 0.3 is 0 Å². The SMILES string of the molecule is CN=C(NCC1(C)CCCCC1O)NC1CCC(=O)NC1.I. The fraction of sp³-hybridized carbons (Fsp3) is 0.867. The van der Waals surface area contributed by atoms with Crippen molar-refractivity contribution in [2.75, 3.05) is 20.1 Å². The second-order valence-corrected chi connectivity index (χ2v) is 6.53. The summed E-state index contributed by atoms with van der Waals surface area (Å²) < 4.78 is 0. The van der Waals surface area contributed by atoms with Gasteiger partial charge in [0.1, 0.15) is 0 Å². The summed E-state index contributed by atoms with van der Waals surface area (Å²) >= 11 is 0. The van der Waals surface area contributed by atoms with Crippen LogP contribution in [0.1, 0.15) is 45.4 Å².